The van der Waals surface area contributed by atoms with Crippen molar-refractivity contribution in [3.8, 4) is 0 Å². The van der Waals surface area contributed by atoms with E-state index in [1.54, 1.807) is 5.56 Å². The average molecular weight is 326 g/mol. The first-order valence-corrected chi connectivity index (χ1v) is 9.07. The molecule has 1 aliphatic heterocycles. The molecule has 0 saturated heterocycles. The molecule has 2 heteroatoms. The molecule has 4 aromatic rings. The lowest BCUT2D eigenvalue weighted by Crippen LogP contribution is -2.30. The third-order valence-corrected chi connectivity index (χ3v) is 5.60. The van der Waals surface area contributed by atoms with Crippen LogP contribution in [0.25, 0.3) is 21.8 Å². The van der Waals surface area contributed by atoms with Crippen LogP contribution >= 0.6 is 0 Å². The van der Waals surface area contributed by atoms with Crippen LogP contribution in [0.4, 0.5) is 0 Å². The molecule has 0 unspecified atom stereocenters. The summed E-state index contributed by atoms with van der Waals surface area (Å²) in [6, 6.07) is 21.9. The lowest BCUT2D eigenvalue weighted by Gasteiger charge is -2.30. The van der Waals surface area contributed by atoms with Crippen molar-refractivity contribution in [2.24, 2.45) is 0 Å². The summed E-state index contributed by atoms with van der Waals surface area (Å²) in [7, 11) is 0. The summed E-state index contributed by atoms with van der Waals surface area (Å²) in [6.45, 7) is 5.49. The topological polar surface area (TPSA) is 19.0 Å². The van der Waals surface area contributed by atoms with Gasteiger partial charge in [0, 0.05) is 41.4 Å². The van der Waals surface area contributed by atoms with Gasteiger partial charge in [0.2, 0.25) is 0 Å². The summed E-state index contributed by atoms with van der Waals surface area (Å²) >= 11 is 0. The van der Waals surface area contributed by atoms with E-state index in [0.29, 0.717) is 0 Å². The maximum absolute atomic E-state index is 3.63. The molecular formula is C23H22N2. The van der Waals surface area contributed by atoms with Gasteiger partial charge >= 0.3 is 0 Å². The van der Waals surface area contributed by atoms with Gasteiger partial charge < -0.3 is 4.98 Å². The highest BCUT2D eigenvalue weighted by Gasteiger charge is 2.21. The quantitative estimate of drug-likeness (QED) is 0.537. The molecule has 1 aliphatic rings. The number of para-hydroxylation sites is 1. The lowest BCUT2D eigenvalue weighted by atomic mass is 9.92. The highest BCUT2D eigenvalue weighted by molar-refractivity contribution is 6.08. The van der Waals surface area contributed by atoms with Crippen LogP contribution in [-0.4, -0.2) is 16.4 Å². The minimum Gasteiger partial charge on any atom is -0.354 e. The summed E-state index contributed by atoms with van der Waals surface area (Å²) in [5.74, 6) is 0. The first kappa shape index (κ1) is 14.7. The maximum atomic E-state index is 3.63. The van der Waals surface area contributed by atoms with Crippen molar-refractivity contribution >= 4 is 21.8 Å². The summed E-state index contributed by atoms with van der Waals surface area (Å²) in [5.41, 5.74) is 8.43. The van der Waals surface area contributed by atoms with Crippen LogP contribution in [0.2, 0.25) is 0 Å². The Bertz CT molecular complexity index is 1060. The van der Waals surface area contributed by atoms with E-state index in [1.165, 1.54) is 38.5 Å². The van der Waals surface area contributed by atoms with E-state index in [-0.39, 0.29) is 0 Å². The SMILES string of the molecule is Cc1c2c(cc3c1[nH]c1ccccc13)CN(Cc1ccccc1)CC2. The molecule has 0 amide bonds. The fourth-order valence-corrected chi connectivity index (χ4v) is 4.32. The number of hydrogen-bond donors (Lipinski definition) is 1. The van der Waals surface area contributed by atoms with Gasteiger partial charge in [-0.1, -0.05) is 48.5 Å². The smallest absolute Gasteiger partial charge is 0.0497 e. The standard InChI is InChI=1S/C23H22N2/c1-16-19-11-12-25(14-17-7-3-2-4-8-17)15-18(19)13-21-20-9-5-6-10-22(20)24-23(16)21/h2-10,13,24H,11-12,14-15H2,1H3. The maximum Gasteiger partial charge on any atom is 0.0497 e. The summed E-state index contributed by atoms with van der Waals surface area (Å²) in [4.78, 5) is 6.20. The van der Waals surface area contributed by atoms with E-state index in [2.05, 4.69) is 77.5 Å². The zero-order valence-corrected chi connectivity index (χ0v) is 14.5. The third kappa shape index (κ3) is 2.45. The molecule has 0 bridgehead atoms. The largest absolute Gasteiger partial charge is 0.354 e. The van der Waals surface area contributed by atoms with Crippen molar-refractivity contribution in [1.82, 2.24) is 9.88 Å². The number of benzene rings is 3. The minimum atomic E-state index is 1.03. The first-order valence-electron chi connectivity index (χ1n) is 9.07. The zero-order valence-electron chi connectivity index (χ0n) is 14.5. The molecule has 0 radical (unpaired) electrons. The van der Waals surface area contributed by atoms with Crippen molar-refractivity contribution in [2.45, 2.75) is 26.4 Å². The van der Waals surface area contributed by atoms with Gasteiger partial charge in [0.05, 0.1) is 0 Å². The van der Waals surface area contributed by atoms with E-state index >= 15 is 0 Å². The highest BCUT2D eigenvalue weighted by Crippen LogP contribution is 2.34. The number of nitrogens with zero attached hydrogens (tertiary/aromatic N) is 1. The Morgan fingerprint density at radius 2 is 1.76 bits per heavy atom. The van der Waals surface area contributed by atoms with Crippen molar-refractivity contribution in [1.29, 1.82) is 0 Å². The lowest BCUT2D eigenvalue weighted by molar-refractivity contribution is 0.245. The van der Waals surface area contributed by atoms with Gasteiger partial charge in [0.15, 0.2) is 0 Å². The van der Waals surface area contributed by atoms with E-state index < -0.39 is 0 Å². The molecule has 1 aromatic heterocycles. The fourth-order valence-electron chi connectivity index (χ4n) is 4.32. The Kier molecular flexibility index (Phi) is 3.39. The highest BCUT2D eigenvalue weighted by atomic mass is 15.1. The number of aryl methyl sites for hydroxylation is 1. The summed E-state index contributed by atoms with van der Waals surface area (Å²) < 4.78 is 0. The number of aromatic nitrogens is 1. The van der Waals surface area contributed by atoms with Gasteiger partial charge in [-0.05, 0) is 47.7 Å². The van der Waals surface area contributed by atoms with Crippen molar-refractivity contribution in [3.05, 3.63) is 82.9 Å². The Morgan fingerprint density at radius 1 is 0.960 bits per heavy atom. The van der Waals surface area contributed by atoms with Crippen LogP contribution in [0.5, 0.6) is 0 Å². The molecule has 0 atom stereocenters. The molecule has 2 nitrogen and oxygen atoms in total. The molecule has 25 heavy (non-hydrogen) atoms. The van der Waals surface area contributed by atoms with Gasteiger partial charge in [-0.2, -0.15) is 0 Å². The third-order valence-electron chi connectivity index (χ3n) is 5.60. The second-order valence-electron chi connectivity index (χ2n) is 7.18. The van der Waals surface area contributed by atoms with Gasteiger partial charge in [-0.15, -0.1) is 0 Å². The van der Waals surface area contributed by atoms with Crippen LogP contribution in [0, 0.1) is 6.92 Å². The zero-order chi connectivity index (χ0) is 16.8. The van der Waals surface area contributed by atoms with E-state index in [0.717, 1.165) is 26.1 Å². The van der Waals surface area contributed by atoms with E-state index in [4.69, 9.17) is 0 Å². The molecule has 5 rings (SSSR count). The van der Waals surface area contributed by atoms with Crippen LogP contribution in [-0.2, 0) is 19.5 Å². The predicted molar refractivity (Wildman–Crippen MR) is 105 cm³/mol. The Labute approximate surface area is 148 Å². The fraction of sp³-hybridized carbons (Fsp3) is 0.217. The van der Waals surface area contributed by atoms with Crippen LogP contribution < -0.4 is 0 Å². The van der Waals surface area contributed by atoms with Crippen molar-refractivity contribution in [3.63, 3.8) is 0 Å². The Hall–Kier alpha value is -2.58. The van der Waals surface area contributed by atoms with Gasteiger partial charge in [0.25, 0.3) is 0 Å². The van der Waals surface area contributed by atoms with Crippen molar-refractivity contribution < 1.29 is 0 Å². The minimum absolute atomic E-state index is 1.03. The number of aromatic amines is 1. The molecule has 0 fully saturated rings. The predicted octanol–water partition coefficient (Wildman–Crippen LogP) is 5.19. The van der Waals surface area contributed by atoms with E-state index in [9.17, 15) is 0 Å². The molecule has 124 valence electrons. The normalized spacial score (nSPS) is 14.9. The van der Waals surface area contributed by atoms with Crippen molar-refractivity contribution in [2.75, 3.05) is 6.54 Å². The number of nitrogens with one attached hydrogen (secondary N) is 1. The van der Waals surface area contributed by atoms with Gasteiger partial charge in [0.1, 0.15) is 0 Å². The number of fused-ring (bicyclic) bond motifs is 4. The van der Waals surface area contributed by atoms with Crippen LogP contribution in [0.1, 0.15) is 22.3 Å². The molecule has 0 spiro atoms. The molecular weight excluding hydrogens is 304 g/mol. The summed E-state index contributed by atoms with van der Waals surface area (Å²) in [5, 5.41) is 2.71. The molecule has 3 aromatic carbocycles. The number of H-pyrrole nitrogens is 1. The second-order valence-corrected chi connectivity index (χ2v) is 7.18. The van der Waals surface area contributed by atoms with Gasteiger partial charge in [-0.25, -0.2) is 0 Å². The molecule has 1 N–H and O–H groups in total. The average Bonchev–Trinajstić information content (AvgIpc) is 3.02. The second kappa shape index (κ2) is 5.75. The Morgan fingerprint density at radius 3 is 2.64 bits per heavy atom. The number of hydrogen-bond acceptors (Lipinski definition) is 1. The summed E-state index contributed by atoms with van der Waals surface area (Å²) in [6.07, 6.45) is 1.14. The molecule has 0 saturated carbocycles. The van der Waals surface area contributed by atoms with Gasteiger partial charge in [-0.3, -0.25) is 4.90 Å². The first-order chi connectivity index (χ1) is 12.3. The number of rotatable bonds is 2. The van der Waals surface area contributed by atoms with Crippen LogP contribution in [0.3, 0.4) is 0 Å². The molecule has 0 aliphatic carbocycles. The molecule has 2 heterocycles. The van der Waals surface area contributed by atoms with E-state index in [1.807, 2.05) is 0 Å². The van der Waals surface area contributed by atoms with Crippen LogP contribution in [0.15, 0.2) is 60.7 Å². The Balaban J connectivity index is 1.56. The monoisotopic (exact) mass is 326 g/mol.